The van der Waals surface area contributed by atoms with Crippen molar-refractivity contribution in [2.24, 2.45) is 0 Å². The van der Waals surface area contributed by atoms with Crippen LogP contribution in [-0.2, 0) is 24.1 Å². The molecule has 0 fully saturated rings. The fourth-order valence-electron chi connectivity index (χ4n) is 3.11. The first kappa shape index (κ1) is 15.6. The fraction of sp³-hybridized carbons (Fsp3) is 0.412. The Morgan fingerprint density at radius 3 is 3.04 bits per heavy atom. The van der Waals surface area contributed by atoms with Gasteiger partial charge in [-0.05, 0) is 37.0 Å². The maximum Gasteiger partial charge on any atom is 0.267 e. The largest absolute Gasteiger partial charge is 0.383 e. The molecule has 1 aliphatic rings. The van der Waals surface area contributed by atoms with Gasteiger partial charge in [-0.2, -0.15) is 0 Å². The maximum absolute atomic E-state index is 12.1. The molecule has 3 rings (SSSR count). The summed E-state index contributed by atoms with van der Waals surface area (Å²) in [6.07, 6.45) is 4.09. The minimum Gasteiger partial charge on any atom is -0.383 e. The number of amides is 1. The summed E-state index contributed by atoms with van der Waals surface area (Å²) in [5, 5.41) is 3.06. The summed E-state index contributed by atoms with van der Waals surface area (Å²) in [5.74, 6) is -0.0869. The van der Waals surface area contributed by atoms with Gasteiger partial charge in [0.25, 0.3) is 11.5 Å². The minimum absolute atomic E-state index is 0.00895. The quantitative estimate of drug-likeness (QED) is 0.868. The van der Waals surface area contributed by atoms with Gasteiger partial charge in [-0.3, -0.25) is 9.59 Å². The van der Waals surface area contributed by atoms with Crippen LogP contribution in [0.2, 0.25) is 0 Å². The van der Waals surface area contributed by atoms with Gasteiger partial charge < -0.3 is 19.6 Å². The molecule has 0 saturated heterocycles. The Bertz CT molecular complexity index is 734. The number of methoxy groups -OCH3 is 1. The summed E-state index contributed by atoms with van der Waals surface area (Å²) in [6, 6.07) is 7.14. The Hall–Kier alpha value is -2.34. The molecule has 2 aromatic rings. The number of aromatic amines is 1. The van der Waals surface area contributed by atoms with Gasteiger partial charge in [0.05, 0.1) is 6.61 Å². The summed E-state index contributed by atoms with van der Waals surface area (Å²) < 4.78 is 6.88. The Kier molecular flexibility index (Phi) is 4.62. The van der Waals surface area contributed by atoms with Gasteiger partial charge in [0.15, 0.2) is 0 Å². The van der Waals surface area contributed by atoms with E-state index in [-0.39, 0.29) is 17.5 Å². The molecule has 23 heavy (non-hydrogen) atoms. The number of carbonyl (C=O) groups excluding carboxylic acids is 1. The second-order valence-corrected chi connectivity index (χ2v) is 5.78. The first-order valence-corrected chi connectivity index (χ1v) is 7.84. The Morgan fingerprint density at radius 1 is 1.43 bits per heavy atom. The van der Waals surface area contributed by atoms with E-state index in [1.807, 2.05) is 6.07 Å². The lowest BCUT2D eigenvalue weighted by molar-refractivity contribution is 0.0929. The van der Waals surface area contributed by atoms with E-state index in [9.17, 15) is 9.59 Å². The first-order valence-electron chi connectivity index (χ1n) is 7.84. The highest BCUT2D eigenvalue weighted by molar-refractivity contribution is 5.92. The van der Waals surface area contributed by atoms with Gasteiger partial charge in [-0.15, -0.1) is 0 Å². The van der Waals surface area contributed by atoms with Crippen molar-refractivity contribution in [2.75, 3.05) is 13.7 Å². The Morgan fingerprint density at radius 2 is 2.30 bits per heavy atom. The van der Waals surface area contributed by atoms with Crippen LogP contribution in [0, 0.1) is 0 Å². The van der Waals surface area contributed by atoms with E-state index in [1.165, 1.54) is 0 Å². The summed E-state index contributed by atoms with van der Waals surface area (Å²) >= 11 is 0. The summed E-state index contributed by atoms with van der Waals surface area (Å²) in [4.78, 5) is 27.1. The molecular weight excluding hydrogens is 294 g/mol. The lowest BCUT2D eigenvalue weighted by Gasteiger charge is -2.27. The first-order chi connectivity index (χ1) is 11.2. The van der Waals surface area contributed by atoms with Crippen molar-refractivity contribution in [3.05, 3.63) is 57.8 Å². The van der Waals surface area contributed by atoms with Gasteiger partial charge in [0.2, 0.25) is 0 Å². The van der Waals surface area contributed by atoms with Crippen LogP contribution in [0.4, 0.5) is 0 Å². The molecule has 2 N–H and O–H groups in total. The third kappa shape index (κ3) is 3.37. The van der Waals surface area contributed by atoms with E-state index in [0.717, 1.165) is 30.5 Å². The number of H-pyrrole nitrogens is 1. The molecule has 6 heteroatoms. The van der Waals surface area contributed by atoms with Crippen molar-refractivity contribution in [3.8, 4) is 0 Å². The number of pyridine rings is 1. The van der Waals surface area contributed by atoms with Gasteiger partial charge in [-0.25, -0.2) is 0 Å². The molecule has 0 aromatic carbocycles. The standard InChI is InChI=1S/C17H21N3O3/c1-23-10-9-20-15-6-5-13(11-12(15)4-7-16(20)21)19-17(22)14-3-2-8-18-14/h2-4,7-8,13,18H,5-6,9-11H2,1H3,(H,19,22). The van der Waals surface area contributed by atoms with E-state index < -0.39 is 0 Å². The predicted molar refractivity (Wildman–Crippen MR) is 86.6 cm³/mol. The lowest BCUT2D eigenvalue weighted by Crippen LogP contribution is -2.40. The predicted octanol–water partition coefficient (Wildman–Crippen LogP) is 1.11. The summed E-state index contributed by atoms with van der Waals surface area (Å²) in [5.41, 5.74) is 2.78. The number of rotatable bonds is 5. The smallest absolute Gasteiger partial charge is 0.267 e. The highest BCUT2D eigenvalue weighted by Gasteiger charge is 2.23. The molecule has 1 atom stereocenters. The molecule has 1 unspecified atom stereocenters. The molecule has 0 radical (unpaired) electrons. The molecule has 0 saturated carbocycles. The molecule has 2 heterocycles. The number of nitrogens with zero attached hydrogens (tertiary/aromatic N) is 1. The SMILES string of the molecule is COCCn1c2c(ccc1=O)CC(NC(=O)c1ccc[nH]1)CC2. The van der Waals surface area contributed by atoms with Crippen molar-refractivity contribution in [1.82, 2.24) is 14.9 Å². The second-order valence-electron chi connectivity index (χ2n) is 5.78. The highest BCUT2D eigenvalue weighted by Crippen LogP contribution is 2.20. The van der Waals surface area contributed by atoms with Crippen LogP contribution >= 0.6 is 0 Å². The zero-order valence-corrected chi connectivity index (χ0v) is 13.2. The average Bonchev–Trinajstić information content (AvgIpc) is 3.09. The maximum atomic E-state index is 12.1. The lowest BCUT2D eigenvalue weighted by atomic mass is 9.91. The van der Waals surface area contributed by atoms with E-state index in [2.05, 4.69) is 10.3 Å². The van der Waals surface area contributed by atoms with Gasteiger partial charge in [0.1, 0.15) is 5.69 Å². The molecule has 0 spiro atoms. The molecular formula is C17H21N3O3. The summed E-state index contributed by atoms with van der Waals surface area (Å²) in [7, 11) is 1.63. The third-order valence-corrected chi connectivity index (χ3v) is 4.28. The summed E-state index contributed by atoms with van der Waals surface area (Å²) in [6.45, 7) is 1.08. The molecule has 0 aliphatic heterocycles. The number of fused-ring (bicyclic) bond motifs is 1. The fourth-order valence-corrected chi connectivity index (χ4v) is 3.11. The van der Waals surface area contributed by atoms with Gasteiger partial charge >= 0.3 is 0 Å². The Balaban J connectivity index is 1.74. The van der Waals surface area contributed by atoms with Crippen molar-refractivity contribution >= 4 is 5.91 Å². The van der Waals surface area contributed by atoms with Crippen LogP contribution in [0.1, 0.15) is 28.2 Å². The van der Waals surface area contributed by atoms with Gasteiger partial charge in [0, 0.05) is 37.7 Å². The zero-order chi connectivity index (χ0) is 16.2. The van der Waals surface area contributed by atoms with Crippen molar-refractivity contribution in [3.63, 3.8) is 0 Å². The second kappa shape index (κ2) is 6.83. The molecule has 122 valence electrons. The van der Waals surface area contributed by atoms with E-state index in [4.69, 9.17) is 4.74 Å². The molecule has 6 nitrogen and oxygen atoms in total. The van der Waals surface area contributed by atoms with E-state index in [1.54, 1.807) is 36.1 Å². The highest BCUT2D eigenvalue weighted by atomic mass is 16.5. The van der Waals surface area contributed by atoms with Crippen LogP contribution in [0.3, 0.4) is 0 Å². The van der Waals surface area contributed by atoms with E-state index in [0.29, 0.717) is 18.8 Å². The van der Waals surface area contributed by atoms with Crippen molar-refractivity contribution < 1.29 is 9.53 Å². The number of aromatic nitrogens is 2. The molecule has 1 aliphatic carbocycles. The van der Waals surface area contributed by atoms with Crippen molar-refractivity contribution in [1.29, 1.82) is 0 Å². The van der Waals surface area contributed by atoms with Gasteiger partial charge in [-0.1, -0.05) is 6.07 Å². The number of hydrogen-bond donors (Lipinski definition) is 2. The van der Waals surface area contributed by atoms with Crippen LogP contribution in [0.5, 0.6) is 0 Å². The van der Waals surface area contributed by atoms with Crippen LogP contribution in [0.15, 0.2) is 35.3 Å². The van der Waals surface area contributed by atoms with E-state index >= 15 is 0 Å². The Labute approximate surface area is 134 Å². The van der Waals surface area contributed by atoms with Crippen LogP contribution in [0.25, 0.3) is 0 Å². The monoisotopic (exact) mass is 315 g/mol. The van der Waals surface area contributed by atoms with Crippen molar-refractivity contribution in [2.45, 2.75) is 31.8 Å². The third-order valence-electron chi connectivity index (χ3n) is 4.28. The topological polar surface area (TPSA) is 76.1 Å². The average molecular weight is 315 g/mol. The minimum atomic E-state index is -0.0869. The number of ether oxygens (including phenoxy) is 1. The zero-order valence-electron chi connectivity index (χ0n) is 13.2. The molecule has 1 amide bonds. The van der Waals surface area contributed by atoms with Crippen LogP contribution < -0.4 is 10.9 Å². The molecule has 2 aromatic heterocycles. The van der Waals surface area contributed by atoms with Crippen LogP contribution in [-0.4, -0.2) is 35.2 Å². The molecule has 0 bridgehead atoms. The number of carbonyl (C=O) groups is 1. The normalized spacial score (nSPS) is 16.8. The number of hydrogen-bond acceptors (Lipinski definition) is 3. The number of nitrogens with one attached hydrogen (secondary N) is 2.